The van der Waals surface area contributed by atoms with Crippen LogP contribution < -0.4 is 16.6 Å². The number of nitrogens with two attached hydrogens (primary N) is 1. The van der Waals surface area contributed by atoms with Gasteiger partial charge in [0.25, 0.3) is 5.56 Å². The molecule has 82 valence electrons. The number of nitrogens with zero attached hydrogens (tertiary/aromatic N) is 1. The number of likely N-dealkylation sites (N-methyl/N-ethyl adjacent to an activating group) is 1. The molecule has 0 aromatic carbocycles. The second-order valence-electron chi connectivity index (χ2n) is 3.37. The van der Waals surface area contributed by atoms with E-state index in [1.54, 1.807) is 25.4 Å². The molecule has 0 aliphatic carbocycles. The number of aromatic nitrogens is 1. The van der Waals surface area contributed by atoms with Crippen molar-refractivity contribution in [3.8, 4) is 0 Å². The number of nitrogens with one attached hydrogen (secondary N) is 1. The summed E-state index contributed by atoms with van der Waals surface area (Å²) in [5, 5.41) is 2.45. The van der Waals surface area contributed by atoms with Gasteiger partial charge < -0.3 is 15.6 Å². The lowest BCUT2D eigenvalue weighted by Crippen LogP contribution is -2.41. The highest BCUT2D eigenvalue weighted by Gasteiger charge is 2.14. The molecule has 5 nitrogen and oxygen atoms in total. The van der Waals surface area contributed by atoms with E-state index < -0.39 is 6.04 Å². The summed E-state index contributed by atoms with van der Waals surface area (Å²) in [6.45, 7) is 0. The molecule has 1 heterocycles. The fraction of sp³-hybridized carbons (Fsp3) is 0.400. The van der Waals surface area contributed by atoms with E-state index in [1.807, 2.05) is 0 Å². The van der Waals surface area contributed by atoms with Crippen molar-refractivity contribution < 1.29 is 4.79 Å². The summed E-state index contributed by atoms with van der Waals surface area (Å²) in [6, 6.07) is 2.77. The van der Waals surface area contributed by atoms with Crippen LogP contribution in [0.25, 0.3) is 0 Å². The fourth-order valence-corrected chi connectivity index (χ4v) is 1.32. The molecule has 1 aromatic heterocycles. The minimum atomic E-state index is -0.676. The zero-order valence-electron chi connectivity index (χ0n) is 8.86. The van der Waals surface area contributed by atoms with E-state index in [-0.39, 0.29) is 17.9 Å². The monoisotopic (exact) mass is 209 g/mol. The van der Waals surface area contributed by atoms with Crippen molar-refractivity contribution in [3.05, 3.63) is 34.2 Å². The van der Waals surface area contributed by atoms with Gasteiger partial charge >= 0.3 is 0 Å². The van der Waals surface area contributed by atoms with Crippen LogP contribution in [0.15, 0.2) is 23.1 Å². The van der Waals surface area contributed by atoms with Crippen LogP contribution in [0, 0.1) is 0 Å². The molecule has 3 N–H and O–H groups in total. The third kappa shape index (κ3) is 2.66. The van der Waals surface area contributed by atoms with Gasteiger partial charge in [-0.25, -0.2) is 0 Å². The summed E-state index contributed by atoms with van der Waals surface area (Å²) in [6.07, 6.45) is 1.92. The van der Waals surface area contributed by atoms with Gasteiger partial charge in [0.1, 0.15) is 0 Å². The molecule has 1 unspecified atom stereocenters. The maximum atomic E-state index is 11.6. The van der Waals surface area contributed by atoms with Crippen LogP contribution in [0.1, 0.15) is 5.56 Å². The number of amides is 1. The first-order valence-corrected chi connectivity index (χ1v) is 4.68. The van der Waals surface area contributed by atoms with E-state index in [1.165, 1.54) is 11.6 Å². The maximum absolute atomic E-state index is 11.6. The first kappa shape index (κ1) is 11.5. The molecule has 1 atom stereocenters. The topological polar surface area (TPSA) is 77.1 Å². The molecule has 0 aliphatic heterocycles. The third-order valence-corrected chi connectivity index (χ3v) is 2.23. The molecule has 0 saturated heterocycles. The molecule has 1 rings (SSSR count). The van der Waals surface area contributed by atoms with Crippen molar-refractivity contribution in [2.75, 3.05) is 7.05 Å². The fourth-order valence-electron chi connectivity index (χ4n) is 1.32. The summed E-state index contributed by atoms with van der Waals surface area (Å²) in [5.74, 6) is -0.263. The van der Waals surface area contributed by atoms with Crippen molar-refractivity contribution >= 4 is 5.91 Å². The van der Waals surface area contributed by atoms with Crippen LogP contribution in [-0.4, -0.2) is 23.6 Å². The Hall–Kier alpha value is -1.62. The van der Waals surface area contributed by atoms with Gasteiger partial charge in [0, 0.05) is 32.3 Å². The Morgan fingerprint density at radius 3 is 2.93 bits per heavy atom. The van der Waals surface area contributed by atoms with Gasteiger partial charge in [-0.1, -0.05) is 6.07 Å². The van der Waals surface area contributed by atoms with Crippen molar-refractivity contribution in [2.24, 2.45) is 12.8 Å². The minimum Gasteiger partial charge on any atom is -0.358 e. The number of carbonyl (C=O) groups is 1. The molecular weight excluding hydrogens is 194 g/mol. The minimum absolute atomic E-state index is 0.114. The molecule has 5 heteroatoms. The summed E-state index contributed by atoms with van der Waals surface area (Å²) in [5.41, 5.74) is 6.06. The number of pyridine rings is 1. The Morgan fingerprint density at radius 1 is 1.67 bits per heavy atom. The molecular formula is C10H15N3O2. The van der Waals surface area contributed by atoms with Crippen LogP contribution >= 0.6 is 0 Å². The number of hydrogen-bond acceptors (Lipinski definition) is 3. The molecule has 1 aromatic rings. The van der Waals surface area contributed by atoms with Gasteiger partial charge in [0.2, 0.25) is 5.91 Å². The average Bonchev–Trinajstić information content (AvgIpc) is 2.23. The highest BCUT2D eigenvalue weighted by atomic mass is 16.2. The first-order chi connectivity index (χ1) is 7.06. The summed E-state index contributed by atoms with van der Waals surface area (Å²) in [7, 11) is 3.18. The van der Waals surface area contributed by atoms with Crippen LogP contribution in [0.2, 0.25) is 0 Å². The van der Waals surface area contributed by atoms with Gasteiger partial charge in [-0.15, -0.1) is 0 Å². The highest BCUT2D eigenvalue weighted by Crippen LogP contribution is 1.95. The molecule has 15 heavy (non-hydrogen) atoms. The van der Waals surface area contributed by atoms with E-state index in [9.17, 15) is 9.59 Å². The quantitative estimate of drug-likeness (QED) is 0.670. The van der Waals surface area contributed by atoms with E-state index in [0.29, 0.717) is 5.56 Å². The second-order valence-corrected chi connectivity index (χ2v) is 3.37. The largest absolute Gasteiger partial charge is 0.358 e. The lowest BCUT2D eigenvalue weighted by Gasteiger charge is -2.09. The summed E-state index contributed by atoms with van der Waals surface area (Å²) >= 11 is 0. The Kier molecular flexibility index (Phi) is 3.62. The summed E-state index contributed by atoms with van der Waals surface area (Å²) in [4.78, 5) is 22.8. The number of aryl methyl sites for hydroxylation is 1. The predicted molar refractivity (Wildman–Crippen MR) is 57.4 cm³/mol. The van der Waals surface area contributed by atoms with Crippen LogP contribution in [-0.2, 0) is 18.3 Å². The third-order valence-electron chi connectivity index (χ3n) is 2.23. The van der Waals surface area contributed by atoms with Crippen LogP contribution in [0.3, 0.4) is 0 Å². The van der Waals surface area contributed by atoms with Gasteiger partial charge in [0.05, 0.1) is 6.04 Å². The molecule has 0 bridgehead atoms. The van der Waals surface area contributed by atoms with Gasteiger partial charge in [-0.05, 0) is 6.07 Å². The van der Waals surface area contributed by atoms with Gasteiger partial charge in [0.15, 0.2) is 0 Å². The number of rotatable bonds is 3. The van der Waals surface area contributed by atoms with Crippen LogP contribution in [0.5, 0.6) is 0 Å². The van der Waals surface area contributed by atoms with Crippen LogP contribution in [0.4, 0.5) is 0 Å². The highest BCUT2D eigenvalue weighted by molar-refractivity contribution is 5.81. The van der Waals surface area contributed by atoms with Crippen molar-refractivity contribution in [1.29, 1.82) is 0 Å². The molecule has 0 aliphatic rings. The zero-order chi connectivity index (χ0) is 11.4. The Bertz CT molecular complexity index is 411. The second kappa shape index (κ2) is 4.75. The Labute approximate surface area is 87.9 Å². The molecule has 0 radical (unpaired) electrons. The average molecular weight is 209 g/mol. The molecule has 0 fully saturated rings. The van der Waals surface area contributed by atoms with E-state index >= 15 is 0 Å². The Morgan fingerprint density at radius 2 is 2.33 bits per heavy atom. The van der Waals surface area contributed by atoms with Gasteiger partial charge in [-0.3, -0.25) is 9.59 Å². The Balaban J connectivity index is 2.86. The first-order valence-electron chi connectivity index (χ1n) is 4.68. The van der Waals surface area contributed by atoms with E-state index in [2.05, 4.69) is 5.32 Å². The standard InChI is InChI=1S/C10H15N3O2/c1-12-9(14)8(11)6-7-4-3-5-13(2)10(7)15/h3-5,8H,6,11H2,1-2H3,(H,12,14). The molecule has 0 saturated carbocycles. The van der Waals surface area contributed by atoms with Gasteiger partial charge in [-0.2, -0.15) is 0 Å². The molecule has 1 amide bonds. The summed E-state index contributed by atoms with van der Waals surface area (Å²) < 4.78 is 1.46. The SMILES string of the molecule is CNC(=O)C(N)Cc1cccn(C)c1=O. The lowest BCUT2D eigenvalue weighted by molar-refractivity contribution is -0.121. The van der Waals surface area contributed by atoms with E-state index in [4.69, 9.17) is 5.73 Å². The van der Waals surface area contributed by atoms with Crippen molar-refractivity contribution in [2.45, 2.75) is 12.5 Å². The zero-order valence-corrected chi connectivity index (χ0v) is 8.86. The van der Waals surface area contributed by atoms with Crippen molar-refractivity contribution in [1.82, 2.24) is 9.88 Å². The smallest absolute Gasteiger partial charge is 0.253 e. The van der Waals surface area contributed by atoms with Crippen molar-refractivity contribution in [3.63, 3.8) is 0 Å². The predicted octanol–water partition coefficient (Wildman–Crippen LogP) is -0.999. The molecule has 0 spiro atoms. The maximum Gasteiger partial charge on any atom is 0.253 e. The normalized spacial score (nSPS) is 12.2. The number of carbonyl (C=O) groups excluding carboxylic acids is 1. The number of hydrogen-bond donors (Lipinski definition) is 2. The van der Waals surface area contributed by atoms with E-state index in [0.717, 1.165) is 0 Å². The lowest BCUT2D eigenvalue weighted by atomic mass is 10.1.